The van der Waals surface area contributed by atoms with Gasteiger partial charge in [0.05, 0.1) is 12.5 Å². The number of ether oxygens (including phenoxy) is 1. The summed E-state index contributed by atoms with van der Waals surface area (Å²) in [5.41, 5.74) is 1.04. The molecule has 2 unspecified atom stereocenters. The maximum atomic E-state index is 8.63. The number of hydrogen-bond donors (Lipinski definition) is 0. The Kier molecular flexibility index (Phi) is 5.43. The quantitative estimate of drug-likeness (QED) is 0.825. The third-order valence-electron chi connectivity index (χ3n) is 4.10. The molecule has 1 aliphatic heterocycles. The van der Waals surface area contributed by atoms with Crippen molar-refractivity contribution in [2.45, 2.75) is 39.2 Å². The van der Waals surface area contributed by atoms with Crippen molar-refractivity contribution in [3.8, 4) is 11.8 Å². The number of rotatable bonds is 5. The van der Waals surface area contributed by atoms with Gasteiger partial charge in [0.2, 0.25) is 0 Å². The third-order valence-corrected chi connectivity index (χ3v) is 4.10. The molecule has 0 saturated carbocycles. The van der Waals surface area contributed by atoms with Gasteiger partial charge in [-0.25, -0.2) is 0 Å². The Bertz CT molecular complexity index is 449. The fourth-order valence-corrected chi connectivity index (χ4v) is 2.77. The van der Waals surface area contributed by atoms with Crippen LogP contribution in [0.25, 0.3) is 0 Å². The number of nitrogens with zero attached hydrogens (tertiary/aromatic N) is 2. The highest BCUT2D eigenvalue weighted by Gasteiger charge is 2.22. The van der Waals surface area contributed by atoms with Crippen molar-refractivity contribution in [3.63, 3.8) is 0 Å². The maximum Gasteiger partial charge on any atom is 0.119 e. The molecule has 0 bridgehead atoms. The van der Waals surface area contributed by atoms with Gasteiger partial charge in [-0.05, 0) is 43.4 Å². The van der Waals surface area contributed by atoms with Crippen molar-refractivity contribution >= 4 is 0 Å². The molecular weight excluding hydrogens is 248 g/mol. The first-order valence-electron chi connectivity index (χ1n) is 7.51. The predicted molar refractivity (Wildman–Crippen MR) is 80.7 cm³/mol. The Morgan fingerprint density at radius 3 is 2.70 bits per heavy atom. The lowest BCUT2D eigenvalue weighted by Crippen LogP contribution is -2.43. The minimum absolute atomic E-state index is 0.462. The fourth-order valence-electron chi connectivity index (χ4n) is 2.77. The van der Waals surface area contributed by atoms with E-state index in [1.165, 1.54) is 19.4 Å². The molecule has 108 valence electrons. The maximum absolute atomic E-state index is 8.63. The number of piperidine rings is 1. The third kappa shape index (κ3) is 4.25. The second-order valence-electron chi connectivity index (χ2n) is 5.85. The van der Waals surface area contributed by atoms with Gasteiger partial charge in [0, 0.05) is 19.1 Å². The average molecular weight is 272 g/mol. The van der Waals surface area contributed by atoms with Crippen molar-refractivity contribution in [1.82, 2.24) is 4.90 Å². The molecule has 1 aliphatic rings. The van der Waals surface area contributed by atoms with Gasteiger partial charge in [0.15, 0.2) is 0 Å². The van der Waals surface area contributed by atoms with Crippen molar-refractivity contribution in [3.05, 3.63) is 29.8 Å². The molecule has 1 aromatic carbocycles. The normalized spacial score (nSPS) is 23.2. The Balaban J connectivity index is 1.76. The summed E-state index contributed by atoms with van der Waals surface area (Å²) in [7, 11) is 0. The summed E-state index contributed by atoms with van der Waals surface area (Å²) in [6, 6.07) is 10.7. The predicted octanol–water partition coefficient (Wildman–Crippen LogP) is 3.25. The van der Waals surface area contributed by atoms with Crippen LogP contribution in [0.5, 0.6) is 5.75 Å². The molecule has 3 nitrogen and oxygen atoms in total. The van der Waals surface area contributed by atoms with Crippen LogP contribution in [0.4, 0.5) is 0 Å². The highest BCUT2D eigenvalue weighted by molar-refractivity contribution is 5.28. The minimum atomic E-state index is 0.462. The second kappa shape index (κ2) is 7.31. The van der Waals surface area contributed by atoms with E-state index in [1.54, 1.807) is 0 Å². The first-order valence-corrected chi connectivity index (χ1v) is 7.51. The largest absolute Gasteiger partial charge is 0.492 e. The molecule has 1 fully saturated rings. The van der Waals surface area contributed by atoms with E-state index < -0.39 is 0 Å². The van der Waals surface area contributed by atoms with Crippen molar-refractivity contribution < 1.29 is 4.74 Å². The summed E-state index contributed by atoms with van der Waals surface area (Å²) in [6.45, 7) is 7.54. The Morgan fingerprint density at radius 1 is 1.25 bits per heavy atom. The molecule has 2 rings (SSSR count). The molecule has 0 radical (unpaired) electrons. The van der Waals surface area contributed by atoms with Crippen LogP contribution in [-0.4, -0.2) is 30.6 Å². The van der Waals surface area contributed by atoms with Crippen LogP contribution in [0.3, 0.4) is 0 Å². The number of nitriles is 1. The molecule has 2 atom stereocenters. The second-order valence-corrected chi connectivity index (χ2v) is 5.85. The topological polar surface area (TPSA) is 36.3 Å². The van der Waals surface area contributed by atoms with E-state index in [-0.39, 0.29) is 0 Å². The highest BCUT2D eigenvalue weighted by atomic mass is 16.5. The molecule has 0 spiro atoms. The monoisotopic (exact) mass is 272 g/mol. The average Bonchev–Trinajstić information content (AvgIpc) is 2.45. The number of likely N-dealkylation sites (tertiary alicyclic amines) is 1. The number of benzene rings is 1. The molecule has 1 heterocycles. The van der Waals surface area contributed by atoms with Crippen LogP contribution < -0.4 is 4.74 Å². The van der Waals surface area contributed by atoms with Crippen LogP contribution in [-0.2, 0) is 6.42 Å². The Labute approximate surface area is 122 Å². The lowest BCUT2D eigenvalue weighted by Gasteiger charge is -2.36. The van der Waals surface area contributed by atoms with E-state index in [4.69, 9.17) is 10.00 Å². The summed E-state index contributed by atoms with van der Waals surface area (Å²) >= 11 is 0. The van der Waals surface area contributed by atoms with Gasteiger partial charge in [0.1, 0.15) is 12.4 Å². The fraction of sp³-hybridized carbons (Fsp3) is 0.588. The van der Waals surface area contributed by atoms with E-state index in [9.17, 15) is 0 Å². The summed E-state index contributed by atoms with van der Waals surface area (Å²) in [4.78, 5) is 2.53. The number of hydrogen-bond acceptors (Lipinski definition) is 3. The molecule has 0 amide bonds. The minimum Gasteiger partial charge on any atom is -0.492 e. The molecular formula is C17H24N2O. The molecule has 1 saturated heterocycles. The van der Waals surface area contributed by atoms with Crippen molar-refractivity contribution in [2.24, 2.45) is 5.92 Å². The van der Waals surface area contributed by atoms with E-state index in [1.807, 2.05) is 24.3 Å². The zero-order valence-electron chi connectivity index (χ0n) is 12.5. The molecule has 0 aromatic heterocycles. The van der Waals surface area contributed by atoms with Crippen LogP contribution in [0.15, 0.2) is 24.3 Å². The zero-order chi connectivity index (χ0) is 14.4. The van der Waals surface area contributed by atoms with Crippen LogP contribution in [0, 0.1) is 17.2 Å². The van der Waals surface area contributed by atoms with Crippen LogP contribution >= 0.6 is 0 Å². The Hall–Kier alpha value is -1.53. The zero-order valence-corrected chi connectivity index (χ0v) is 12.5. The van der Waals surface area contributed by atoms with Crippen LogP contribution in [0.2, 0.25) is 0 Å². The van der Waals surface area contributed by atoms with E-state index in [2.05, 4.69) is 24.8 Å². The first-order chi connectivity index (χ1) is 9.69. The summed E-state index contributed by atoms with van der Waals surface area (Å²) in [6.07, 6.45) is 3.10. The summed E-state index contributed by atoms with van der Waals surface area (Å²) in [5, 5.41) is 8.63. The standard InChI is InChI=1S/C17H24N2O/c1-14-3-4-15(2)19(13-14)11-12-20-17-7-5-16(6-8-17)9-10-18/h5-8,14-15H,3-4,9,11-13H2,1-2H3. The van der Waals surface area contributed by atoms with Gasteiger partial charge in [-0.2, -0.15) is 5.26 Å². The summed E-state index contributed by atoms with van der Waals surface area (Å²) < 4.78 is 5.80. The lowest BCUT2D eigenvalue weighted by molar-refractivity contribution is 0.105. The SMILES string of the molecule is CC1CCC(C)N(CCOc2ccc(CC#N)cc2)C1. The van der Waals surface area contributed by atoms with Gasteiger partial charge >= 0.3 is 0 Å². The smallest absolute Gasteiger partial charge is 0.119 e. The van der Waals surface area contributed by atoms with Gasteiger partial charge < -0.3 is 4.74 Å². The van der Waals surface area contributed by atoms with Gasteiger partial charge in [-0.15, -0.1) is 0 Å². The van der Waals surface area contributed by atoms with Crippen LogP contribution in [0.1, 0.15) is 32.3 Å². The van der Waals surface area contributed by atoms with Crippen molar-refractivity contribution in [2.75, 3.05) is 19.7 Å². The molecule has 0 N–H and O–H groups in total. The Morgan fingerprint density at radius 2 is 2.00 bits per heavy atom. The molecule has 0 aliphatic carbocycles. The van der Waals surface area contributed by atoms with E-state index >= 15 is 0 Å². The lowest BCUT2D eigenvalue weighted by atomic mass is 9.95. The van der Waals surface area contributed by atoms with E-state index in [0.29, 0.717) is 12.5 Å². The van der Waals surface area contributed by atoms with E-state index in [0.717, 1.165) is 30.4 Å². The molecule has 1 aromatic rings. The molecule has 3 heteroatoms. The highest BCUT2D eigenvalue weighted by Crippen LogP contribution is 2.21. The summed E-state index contributed by atoms with van der Waals surface area (Å²) in [5.74, 6) is 1.70. The first kappa shape index (κ1) is 14.9. The van der Waals surface area contributed by atoms with Gasteiger partial charge in [-0.1, -0.05) is 19.1 Å². The molecule has 20 heavy (non-hydrogen) atoms. The van der Waals surface area contributed by atoms with Gasteiger partial charge in [0.25, 0.3) is 0 Å². The van der Waals surface area contributed by atoms with Crippen molar-refractivity contribution in [1.29, 1.82) is 5.26 Å². The van der Waals surface area contributed by atoms with Gasteiger partial charge in [-0.3, -0.25) is 4.90 Å².